The average Bonchev–Trinajstić information content (AvgIpc) is 3.17. The molecule has 2 atom stereocenters. The van der Waals surface area contributed by atoms with Crippen molar-refractivity contribution in [1.29, 1.82) is 0 Å². The van der Waals surface area contributed by atoms with E-state index in [1.807, 2.05) is 0 Å². The number of amides is 2. The van der Waals surface area contributed by atoms with E-state index in [-0.39, 0.29) is 17.8 Å². The average molecular weight is 364 g/mol. The molecule has 9 heteroatoms. The summed E-state index contributed by atoms with van der Waals surface area (Å²) in [6.07, 6.45) is 0.982. The van der Waals surface area contributed by atoms with E-state index in [1.54, 1.807) is 12.1 Å². The van der Waals surface area contributed by atoms with Gasteiger partial charge in [-0.25, -0.2) is 4.79 Å². The number of nitro groups is 1. The van der Waals surface area contributed by atoms with Gasteiger partial charge in [0.2, 0.25) is 0 Å². The van der Waals surface area contributed by atoms with Crippen LogP contribution >= 0.6 is 0 Å². The number of nitrogens with one attached hydrogen (secondary N) is 2. The number of hydrogen-bond acceptors (Lipinski definition) is 6. The van der Waals surface area contributed by atoms with Gasteiger partial charge in [-0.05, 0) is 12.5 Å². The SMILES string of the molecule is O=C(NC[C@@H]([C@H]1CCOC1)N1CCOCC1)Nc1cccc([N+](=O)[O-])c1. The minimum atomic E-state index is -0.488. The lowest BCUT2D eigenvalue weighted by Gasteiger charge is -2.37. The standard InChI is InChI=1S/C17H24N4O5/c22-17(19-14-2-1-3-15(10-14)21(23)24)18-11-16(13-4-7-26-12-13)20-5-8-25-9-6-20/h1-3,10,13,16H,4-9,11-12H2,(H2,18,19,22)/t13-,16-/m0/s1. The molecule has 2 fully saturated rings. The van der Waals surface area contributed by atoms with Crippen molar-refractivity contribution < 1.29 is 19.2 Å². The minimum absolute atomic E-state index is 0.0582. The first-order chi connectivity index (χ1) is 12.6. The molecule has 0 spiro atoms. The molecule has 2 saturated heterocycles. The van der Waals surface area contributed by atoms with Crippen LogP contribution < -0.4 is 10.6 Å². The van der Waals surface area contributed by atoms with Gasteiger partial charge in [-0.15, -0.1) is 0 Å². The predicted octanol–water partition coefficient (Wildman–Crippen LogP) is 1.45. The number of morpholine rings is 1. The number of ether oxygens (including phenoxy) is 2. The van der Waals surface area contributed by atoms with Gasteiger partial charge >= 0.3 is 6.03 Å². The van der Waals surface area contributed by atoms with Crippen LogP contribution in [-0.2, 0) is 9.47 Å². The molecule has 1 aromatic carbocycles. The van der Waals surface area contributed by atoms with E-state index in [0.717, 1.165) is 26.1 Å². The van der Waals surface area contributed by atoms with Gasteiger partial charge in [0.1, 0.15) is 0 Å². The number of rotatable bonds is 6. The smallest absolute Gasteiger partial charge is 0.319 e. The van der Waals surface area contributed by atoms with Crippen LogP contribution in [0.2, 0.25) is 0 Å². The van der Waals surface area contributed by atoms with E-state index in [1.165, 1.54) is 12.1 Å². The van der Waals surface area contributed by atoms with Crippen LogP contribution in [0, 0.1) is 16.0 Å². The first-order valence-electron chi connectivity index (χ1n) is 8.82. The van der Waals surface area contributed by atoms with Crippen LogP contribution in [0.3, 0.4) is 0 Å². The summed E-state index contributed by atoms with van der Waals surface area (Å²) in [6.45, 7) is 5.04. The lowest BCUT2D eigenvalue weighted by molar-refractivity contribution is -0.384. The van der Waals surface area contributed by atoms with Crippen LogP contribution in [0.4, 0.5) is 16.2 Å². The number of nitro benzene ring substituents is 1. The Morgan fingerprint density at radius 2 is 2.12 bits per heavy atom. The molecule has 3 rings (SSSR count). The van der Waals surface area contributed by atoms with Crippen LogP contribution in [-0.4, -0.2) is 68.0 Å². The number of nitrogens with zero attached hydrogens (tertiary/aromatic N) is 2. The van der Waals surface area contributed by atoms with Crippen molar-refractivity contribution in [3.63, 3.8) is 0 Å². The summed E-state index contributed by atoms with van der Waals surface area (Å²) in [6, 6.07) is 5.71. The second kappa shape index (κ2) is 8.93. The van der Waals surface area contributed by atoms with E-state index in [9.17, 15) is 14.9 Å². The molecule has 0 bridgehead atoms. The normalized spacial score (nSPS) is 21.9. The summed E-state index contributed by atoms with van der Waals surface area (Å²) in [4.78, 5) is 24.9. The van der Waals surface area contributed by atoms with Gasteiger partial charge < -0.3 is 20.1 Å². The fourth-order valence-corrected chi connectivity index (χ4v) is 3.43. The molecule has 0 radical (unpaired) electrons. The molecule has 2 aliphatic rings. The molecular weight excluding hydrogens is 340 g/mol. The summed E-state index contributed by atoms with van der Waals surface area (Å²) in [5, 5.41) is 16.4. The first kappa shape index (κ1) is 18.6. The molecule has 0 saturated carbocycles. The number of carbonyl (C=O) groups is 1. The Labute approximate surface area is 151 Å². The number of urea groups is 1. The van der Waals surface area contributed by atoms with Crippen LogP contribution in [0.5, 0.6) is 0 Å². The number of benzene rings is 1. The number of anilines is 1. The zero-order valence-corrected chi connectivity index (χ0v) is 14.6. The van der Waals surface area contributed by atoms with Crippen molar-refractivity contribution in [3.8, 4) is 0 Å². The van der Waals surface area contributed by atoms with E-state index < -0.39 is 4.92 Å². The molecule has 2 amide bonds. The zero-order chi connectivity index (χ0) is 18.4. The molecular formula is C17H24N4O5. The highest BCUT2D eigenvalue weighted by atomic mass is 16.6. The maximum absolute atomic E-state index is 12.2. The summed E-state index contributed by atoms with van der Waals surface area (Å²) in [5.74, 6) is 0.381. The van der Waals surface area contributed by atoms with Crippen molar-refractivity contribution in [1.82, 2.24) is 10.2 Å². The minimum Gasteiger partial charge on any atom is -0.381 e. The van der Waals surface area contributed by atoms with E-state index in [2.05, 4.69) is 15.5 Å². The van der Waals surface area contributed by atoms with Gasteiger partial charge in [0, 0.05) is 56.0 Å². The van der Waals surface area contributed by atoms with E-state index in [4.69, 9.17) is 9.47 Å². The highest BCUT2D eigenvalue weighted by Gasteiger charge is 2.31. The van der Waals surface area contributed by atoms with Crippen molar-refractivity contribution in [2.24, 2.45) is 5.92 Å². The van der Waals surface area contributed by atoms with Gasteiger partial charge in [0.15, 0.2) is 0 Å². The topological polar surface area (TPSA) is 106 Å². The van der Waals surface area contributed by atoms with Crippen molar-refractivity contribution in [2.75, 3.05) is 51.4 Å². The molecule has 0 unspecified atom stereocenters. The van der Waals surface area contributed by atoms with Gasteiger partial charge in [-0.3, -0.25) is 15.0 Å². The Bertz CT molecular complexity index is 629. The van der Waals surface area contributed by atoms with E-state index in [0.29, 0.717) is 38.0 Å². The second-order valence-electron chi connectivity index (χ2n) is 6.48. The third-order valence-electron chi connectivity index (χ3n) is 4.81. The molecule has 0 aliphatic carbocycles. The Morgan fingerprint density at radius 3 is 2.81 bits per heavy atom. The highest BCUT2D eigenvalue weighted by Crippen LogP contribution is 2.22. The molecule has 26 heavy (non-hydrogen) atoms. The molecule has 2 aliphatic heterocycles. The fraction of sp³-hybridized carbons (Fsp3) is 0.588. The van der Waals surface area contributed by atoms with Crippen LogP contribution in [0.1, 0.15) is 6.42 Å². The number of carbonyl (C=O) groups excluding carboxylic acids is 1. The molecule has 9 nitrogen and oxygen atoms in total. The second-order valence-corrected chi connectivity index (χ2v) is 6.48. The van der Waals surface area contributed by atoms with Gasteiger partial charge in [-0.1, -0.05) is 6.07 Å². The summed E-state index contributed by atoms with van der Waals surface area (Å²) >= 11 is 0. The lowest BCUT2D eigenvalue weighted by Crippen LogP contribution is -2.52. The van der Waals surface area contributed by atoms with Crippen molar-refractivity contribution in [3.05, 3.63) is 34.4 Å². The molecule has 2 heterocycles. The molecule has 2 N–H and O–H groups in total. The van der Waals surface area contributed by atoms with Crippen LogP contribution in [0.25, 0.3) is 0 Å². The van der Waals surface area contributed by atoms with E-state index >= 15 is 0 Å². The fourth-order valence-electron chi connectivity index (χ4n) is 3.43. The Balaban J connectivity index is 1.56. The maximum Gasteiger partial charge on any atom is 0.319 e. The zero-order valence-electron chi connectivity index (χ0n) is 14.6. The lowest BCUT2D eigenvalue weighted by atomic mass is 9.97. The summed E-state index contributed by atoms with van der Waals surface area (Å²) in [5.41, 5.74) is 0.334. The molecule has 0 aromatic heterocycles. The quantitative estimate of drug-likeness (QED) is 0.585. The molecule has 142 valence electrons. The van der Waals surface area contributed by atoms with Crippen molar-refractivity contribution in [2.45, 2.75) is 12.5 Å². The third-order valence-corrected chi connectivity index (χ3v) is 4.81. The number of non-ortho nitro benzene ring substituents is 1. The highest BCUT2D eigenvalue weighted by molar-refractivity contribution is 5.89. The predicted molar refractivity (Wildman–Crippen MR) is 95.2 cm³/mol. The number of hydrogen-bond donors (Lipinski definition) is 2. The van der Waals surface area contributed by atoms with Gasteiger partial charge in [0.05, 0.1) is 24.7 Å². The summed E-state index contributed by atoms with van der Waals surface area (Å²) in [7, 11) is 0. The Hall–Kier alpha value is -2.23. The monoisotopic (exact) mass is 364 g/mol. The maximum atomic E-state index is 12.2. The Morgan fingerprint density at radius 1 is 1.31 bits per heavy atom. The third kappa shape index (κ3) is 4.90. The van der Waals surface area contributed by atoms with Gasteiger partial charge in [0.25, 0.3) is 5.69 Å². The summed E-state index contributed by atoms with van der Waals surface area (Å²) < 4.78 is 10.9. The largest absolute Gasteiger partial charge is 0.381 e. The van der Waals surface area contributed by atoms with Gasteiger partial charge in [-0.2, -0.15) is 0 Å². The van der Waals surface area contributed by atoms with Crippen molar-refractivity contribution >= 4 is 17.4 Å². The van der Waals surface area contributed by atoms with Crippen LogP contribution in [0.15, 0.2) is 24.3 Å². The molecule has 1 aromatic rings. The first-order valence-corrected chi connectivity index (χ1v) is 8.82. The Kier molecular flexibility index (Phi) is 6.37.